The van der Waals surface area contributed by atoms with Crippen LogP contribution >= 0.6 is 0 Å². The van der Waals surface area contributed by atoms with Gasteiger partial charge < -0.3 is 9.15 Å². The molecule has 4 aliphatic rings. The number of carbonyl (C=O) groups is 2. The Morgan fingerprint density at radius 3 is 2.26 bits per heavy atom. The highest BCUT2D eigenvalue weighted by Crippen LogP contribution is 2.60. The van der Waals surface area contributed by atoms with Gasteiger partial charge in [-0.15, -0.1) is 0 Å². The van der Waals surface area contributed by atoms with E-state index in [1.807, 2.05) is 0 Å². The third-order valence-corrected chi connectivity index (χ3v) is 6.92. The molecule has 140 valence electrons. The van der Waals surface area contributed by atoms with Crippen molar-refractivity contribution in [2.45, 2.75) is 43.9 Å². The van der Waals surface area contributed by atoms with E-state index in [0.717, 1.165) is 49.9 Å². The number of methoxy groups -OCH3 is 1. The molecule has 0 unspecified atom stereocenters. The maximum Gasteiger partial charge on any atom is 0.379 e. The van der Waals surface area contributed by atoms with Crippen molar-refractivity contribution in [3.05, 3.63) is 45.8 Å². The quantitative estimate of drug-likeness (QED) is 0.471. The molecule has 0 spiro atoms. The minimum atomic E-state index is -0.941. The lowest BCUT2D eigenvalue weighted by Gasteiger charge is -2.56. The molecule has 0 aliphatic heterocycles. The predicted molar refractivity (Wildman–Crippen MR) is 98.7 cm³/mol. The minimum Gasteiger partial charge on any atom is -0.463 e. The zero-order valence-electron chi connectivity index (χ0n) is 15.3. The Bertz CT molecular complexity index is 980. The number of benzene rings is 1. The Hall–Kier alpha value is -2.43. The molecule has 4 saturated carbocycles. The van der Waals surface area contributed by atoms with Crippen LogP contribution in [-0.4, -0.2) is 18.9 Å². The Balaban J connectivity index is 1.57. The van der Waals surface area contributed by atoms with E-state index in [1.165, 1.54) is 31.4 Å². The van der Waals surface area contributed by atoms with Crippen molar-refractivity contribution < 1.29 is 18.7 Å². The fourth-order valence-electron chi connectivity index (χ4n) is 6.18. The van der Waals surface area contributed by atoms with Gasteiger partial charge in [0.2, 0.25) is 0 Å². The van der Waals surface area contributed by atoms with Crippen LogP contribution in [-0.2, 0) is 14.9 Å². The third-order valence-electron chi connectivity index (χ3n) is 6.92. The smallest absolute Gasteiger partial charge is 0.379 e. The Morgan fingerprint density at radius 2 is 1.67 bits per heavy atom. The number of ether oxygens (including phenoxy) is 1. The van der Waals surface area contributed by atoms with E-state index in [9.17, 15) is 14.4 Å². The normalized spacial score (nSPS) is 31.2. The van der Waals surface area contributed by atoms with Crippen molar-refractivity contribution in [2.75, 3.05) is 7.11 Å². The van der Waals surface area contributed by atoms with Gasteiger partial charge in [-0.2, -0.15) is 0 Å². The molecule has 4 bridgehead atoms. The van der Waals surface area contributed by atoms with Gasteiger partial charge in [0, 0.05) is 17.0 Å². The van der Waals surface area contributed by atoms with Gasteiger partial charge >= 0.3 is 5.97 Å². The van der Waals surface area contributed by atoms with Crippen molar-refractivity contribution in [3.63, 3.8) is 0 Å². The summed E-state index contributed by atoms with van der Waals surface area (Å²) in [4.78, 5) is 36.3. The Kier molecular flexibility index (Phi) is 3.58. The lowest BCUT2D eigenvalue weighted by molar-refractivity contribution is -0.135. The number of hydrogen-bond acceptors (Lipinski definition) is 5. The van der Waals surface area contributed by atoms with Gasteiger partial charge in [-0.1, -0.05) is 0 Å². The fourth-order valence-corrected chi connectivity index (χ4v) is 6.18. The average molecular weight is 366 g/mol. The number of ketones is 1. The summed E-state index contributed by atoms with van der Waals surface area (Å²) in [6.45, 7) is 0. The zero-order chi connectivity index (χ0) is 18.8. The van der Waals surface area contributed by atoms with Gasteiger partial charge in [0.15, 0.2) is 5.43 Å². The SMILES string of the molecule is COC(=O)C(=O)c1ccc2oc(C34CC5CC(CC(C5)C3)C4)cc(=O)c2c1. The zero-order valence-corrected chi connectivity index (χ0v) is 15.3. The summed E-state index contributed by atoms with van der Waals surface area (Å²) in [5.41, 5.74) is 0.475. The molecule has 4 fully saturated rings. The minimum absolute atomic E-state index is 0.00259. The van der Waals surface area contributed by atoms with Crippen LogP contribution in [0, 0.1) is 17.8 Å². The average Bonchev–Trinajstić information content (AvgIpc) is 2.65. The van der Waals surface area contributed by atoms with E-state index >= 15 is 0 Å². The van der Waals surface area contributed by atoms with Crippen LogP contribution in [0.4, 0.5) is 0 Å². The summed E-state index contributed by atoms with van der Waals surface area (Å²) in [5.74, 6) is 1.39. The fraction of sp³-hybridized carbons (Fsp3) is 0.500. The second-order valence-corrected chi connectivity index (χ2v) is 8.70. The van der Waals surface area contributed by atoms with Crippen molar-refractivity contribution >= 4 is 22.7 Å². The summed E-state index contributed by atoms with van der Waals surface area (Å²) in [7, 11) is 1.16. The largest absolute Gasteiger partial charge is 0.463 e. The maximum atomic E-state index is 12.8. The van der Waals surface area contributed by atoms with Gasteiger partial charge in [0.25, 0.3) is 5.78 Å². The first-order chi connectivity index (χ1) is 13.0. The van der Waals surface area contributed by atoms with Crippen LogP contribution in [0.25, 0.3) is 11.0 Å². The number of esters is 1. The predicted octanol–water partition coefficient (Wildman–Crippen LogP) is 3.62. The van der Waals surface area contributed by atoms with Crippen LogP contribution in [0.2, 0.25) is 0 Å². The van der Waals surface area contributed by atoms with E-state index in [1.54, 1.807) is 12.1 Å². The monoisotopic (exact) mass is 366 g/mol. The van der Waals surface area contributed by atoms with Gasteiger partial charge in [0.1, 0.15) is 11.3 Å². The molecule has 1 aromatic heterocycles. The number of hydrogen-bond donors (Lipinski definition) is 0. The Labute approximate surface area is 156 Å². The summed E-state index contributed by atoms with van der Waals surface area (Å²) >= 11 is 0. The molecule has 0 atom stereocenters. The molecule has 0 amide bonds. The molecule has 5 nitrogen and oxygen atoms in total. The number of Topliss-reactive ketones (excluding diaryl/α,β-unsaturated/α-hetero) is 1. The van der Waals surface area contributed by atoms with E-state index in [0.29, 0.717) is 11.0 Å². The van der Waals surface area contributed by atoms with Gasteiger partial charge in [-0.25, -0.2) is 4.79 Å². The number of carbonyl (C=O) groups excluding carboxylic acids is 2. The summed E-state index contributed by atoms with van der Waals surface area (Å²) in [6.07, 6.45) is 7.34. The molecule has 5 heteroatoms. The molecule has 0 saturated heterocycles. The summed E-state index contributed by atoms with van der Waals surface area (Å²) in [5, 5.41) is 0.332. The van der Waals surface area contributed by atoms with Crippen molar-refractivity contribution in [1.82, 2.24) is 0 Å². The second-order valence-electron chi connectivity index (χ2n) is 8.70. The lowest BCUT2D eigenvalue weighted by Crippen LogP contribution is -2.48. The molecule has 1 aromatic carbocycles. The van der Waals surface area contributed by atoms with Crippen LogP contribution < -0.4 is 5.43 Å². The van der Waals surface area contributed by atoms with Gasteiger partial charge in [-0.05, 0) is 74.5 Å². The molecule has 0 radical (unpaired) electrons. The first-order valence-electron chi connectivity index (χ1n) is 9.68. The first kappa shape index (κ1) is 16.7. The van der Waals surface area contributed by atoms with Crippen molar-refractivity contribution in [1.29, 1.82) is 0 Å². The summed E-state index contributed by atoms with van der Waals surface area (Å²) < 4.78 is 10.7. The molecular weight excluding hydrogens is 344 g/mol. The van der Waals surface area contributed by atoms with Gasteiger partial charge in [0.05, 0.1) is 12.5 Å². The van der Waals surface area contributed by atoms with Crippen molar-refractivity contribution in [2.24, 2.45) is 17.8 Å². The van der Waals surface area contributed by atoms with Crippen LogP contribution in [0.15, 0.2) is 33.5 Å². The van der Waals surface area contributed by atoms with Crippen LogP contribution in [0.3, 0.4) is 0 Å². The Morgan fingerprint density at radius 1 is 1.04 bits per heavy atom. The van der Waals surface area contributed by atoms with E-state index in [-0.39, 0.29) is 16.4 Å². The highest BCUT2D eigenvalue weighted by atomic mass is 16.5. The highest BCUT2D eigenvalue weighted by Gasteiger charge is 2.53. The first-order valence-corrected chi connectivity index (χ1v) is 9.68. The molecule has 27 heavy (non-hydrogen) atoms. The second kappa shape index (κ2) is 5.78. The van der Waals surface area contributed by atoms with Crippen LogP contribution in [0.5, 0.6) is 0 Å². The molecular formula is C22H22O5. The third kappa shape index (κ3) is 2.55. The molecule has 1 heterocycles. The number of rotatable bonds is 3. The maximum absolute atomic E-state index is 12.8. The van der Waals surface area contributed by atoms with E-state index in [2.05, 4.69) is 4.74 Å². The van der Waals surface area contributed by atoms with Crippen molar-refractivity contribution in [3.8, 4) is 0 Å². The standard InChI is InChI=1S/C22H22O5/c1-26-21(25)20(24)15-2-3-18-16(7-15)17(23)8-19(27-18)22-9-12-4-13(10-22)6-14(5-12)11-22/h2-3,7-8,12-14H,4-6,9-11H2,1H3. The van der Waals surface area contributed by atoms with Crippen LogP contribution in [0.1, 0.15) is 54.6 Å². The highest BCUT2D eigenvalue weighted by molar-refractivity contribution is 6.40. The van der Waals surface area contributed by atoms with E-state index in [4.69, 9.17) is 4.42 Å². The summed E-state index contributed by atoms with van der Waals surface area (Å²) in [6, 6.07) is 6.21. The topological polar surface area (TPSA) is 73.6 Å². The van der Waals surface area contributed by atoms with E-state index < -0.39 is 11.8 Å². The molecule has 0 N–H and O–H groups in total. The molecule has 6 rings (SSSR count). The molecule has 4 aliphatic carbocycles. The number of fused-ring (bicyclic) bond motifs is 1. The van der Waals surface area contributed by atoms with Gasteiger partial charge in [-0.3, -0.25) is 9.59 Å². The lowest BCUT2D eigenvalue weighted by atomic mass is 9.49. The molecule has 2 aromatic rings.